The highest BCUT2D eigenvalue weighted by atomic mass is 32.1. The highest BCUT2D eigenvalue weighted by Crippen LogP contribution is 2.29. The van der Waals surface area contributed by atoms with E-state index in [1.807, 2.05) is 35.7 Å². The van der Waals surface area contributed by atoms with Crippen LogP contribution in [0.25, 0.3) is 12.2 Å². The number of hydrogen-bond donors (Lipinski definition) is 1. The van der Waals surface area contributed by atoms with E-state index in [4.69, 9.17) is 0 Å². The molecular weight excluding hydrogens is 280 g/mol. The smallest absolute Gasteiger partial charge is 0.185 e. The molecule has 3 heteroatoms. The lowest BCUT2D eigenvalue weighted by Gasteiger charge is -2.16. The summed E-state index contributed by atoms with van der Waals surface area (Å²) in [5.74, 6) is 0.361. The van der Waals surface area contributed by atoms with Gasteiger partial charge < -0.3 is 5.11 Å². The lowest BCUT2D eigenvalue weighted by molar-refractivity contribution is -0.112. The molecular formula is C18H16O2S. The topological polar surface area (TPSA) is 37.3 Å². The molecule has 0 spiro atoms. The molecule has 0 unspecified atom stereocenters. The van der Waals surface area contributed by atoms with Gasteiger partial charge in [-0.3, -0.25) is 4.79 Å². The Morgan fingerprint density at radius 3 is 2.57 bits per heavy atom. The van der Waals surface area contributed by atoms with Crippen LogP contribution >= 0.6 is 11.3 Å². The largest absolute Gasteiger partial charge is 0.508 e. The number of carbonyl (C=O) groups is 1. The maximum absolute atomic E-state index is 12.5. The summed E-state index contributed by atoms with van der Waals surface area (Å²) in [5.41, 5.74) is 2.58. The Bertz CT molecular complexity index is 709. The van der Waals surface area contributed by atoms with Crippen LogP contribution in [0.3, 0.4) is 0 Å². The standard InChI is InChI=1S/C18H16O2S/c19-16-7-1-4-13(11-16)10-14-5-2-6-15(18(14)20)12-17-8-3-9-21-17/h1,3-4,7-12,19H,2,5-6H2/b14-10+,15-12-. The van der Waals surface area contributed by atoms with Gasteiger partial charge in [0.25, 0.3) is 0 Å². The fourth-order valence-electron chi connectivity index (χ4n) is 2.54. The number of thiophene rings is 1. The molecule has 3 rings (SSSR count). The van der Waals surface area contributed by atoms with Gasteiger partial charge in [0.15, 0.2) is 5.78 Å². The van der Waals surface area contributed by atoms with Crippen LogP contribution in [0.5, 0.6) is 5.75 Å². The summed E-state index contributed by atoms with van der Waals surface area (Å²) in [7, 11) is 0. The molecule has 106 valence electrons. The summed E-state index contributed by atoms with van der Waals surface area (Å²) in [6, 6.07) is 11.0. The van der Waals surface area contributed by atoms with Crippen molar-refractivity contribution in [3.63, 3.8) is 0 Å². The Labute approximate surface area is 128 Å². The second-order valence-corrected chi connectivity index (χ2v) is 6.11. The third-order valence-corrected chi connectivity index (χ3v) is 4.37. The molecule has 2 nitrogen and oxygen atoms in total. The van der Waals surface area contributed by atoms with Crippen molar-refractivity contribution in [2.24, 2.45) is 0 Å². The van der Waals surface area contributed by atoms with Crippen LogP contribution in [0.2, 0.25) is 0 Å². The van der Waals surface area contributed by atoms with E-state index in [2.05, 4.69) is 0 Å². The van der Waals surface area contributed by atoms with Crippen LogP contribution in [0, 0.1) is 0 Å². The summed E-state index contributed by atoms with van der Waals surface area (Å²) >= 11 is 1.64. The van der Waals surface area contributed by atoms with Crippen LogP contribution in [0.4, 0.5) is 0 Å². The Kier molecular flexibility index (Phi) is 4.02. The van der Waals surface area contributed by atoms with Crippen LogP contribution in [-0.4, -0.2) is 10.9 Å². The molecule has 1 aliphatic carbocycles. The molecule has 2 aromatic rings. The quantitative estimate of drug-likeness (QED) is 0.817. The van der Waals surface area contributed by atoms with Gasteiger partial charge >= 0.3 is 0 Å². The molecule has 1 aromatic carbocycles. The summed E-state index contributed by atoms with van der Waals surface area (Å²) in [6.07, 6.45) is 6.53. The lowest BCUT2D eigenvalue weighted by Crippen LogP contribution is -2.12. The number of phenolic OH excluding ortho intramolecular Hbond substituents is 1. The SMILES string of the molecule is O=C1/C(=C\c2cccs2)CCC/C1=C\c1cccc(O)c1. The Morgan fingerprint density at radius 1 is 1.05 bits per heavy atom. The van der Waals surface area contributed by atoms with E-state index in [1.165, 1.54) is 0 Å². The van der Waals surface area contributed by atoms with Crippen molar-refractivity contribution in [1.82, 2.24) is 0 Å². The van der Waals surface area contributed by atoms with Crippen molar-refractivity contribution in [1.29, 1.82) is 0 Å². The predicted octanol–water partition coefficient (Wildman–Crippen LogP) is 4.67. The van der Waals surface area contributed by atoms with E-state index >= 15 is 0 Å². The monoisotopic (exact) mass is 296 g/mol. The first-order valence-electron chi connectivity index (χ1n) is 7.01. The zero-order chi connectivity index (χ0) is 14.7. The van der Waals surface area contributed by atoms with E-state index in [9.17, 15) is 9.90 Å². The summed E-state index contributed by atoms with van der Waals surface area (Å²) < 4.78 is 0. The highest BCUT2D eigenvalue weighted by Gasteiger charge is 2.20. The van der Waals surface area contributed by atoms with E-state index in [0.29, 0.717) is 0 Å². The van der Waals surface area contributed by atoms with Gasteiger partial charge in [0.2, 0.25) is 0 Å². The number of allylic oxidation sites excluding steroid dienone is 2. The molecule has 0 aliphatic heterocycles. The third kappa shape index (κ3) is 3.31. The summed E-state index contributed by atoms with van der Waals surface area (Å²) in [4.78, 5) is 13.7. The van der Waals surface area contributed by atoms with E-state index < -0.39 is 0 Å². The molecule has 1 aromatic heterocycles. The van der Waals surface area contributed by atoms with Crippen LogP contribution in [-0.2, 0) is 4.79 Å². The van der Waals surface area contributed by atoms with Gasteiger partial charge in [-0.05, 0) is 60.6 Å². The minimum absolute atomic E-state index is 0.137. The van der Waals surface area contributed by atoms with Crippen molar-refractivity contribution in [2.75, 3.05) is 0 Å². The predicted molar refractivity (Wildman–Crippen MR) is 87.2 cm³/mol. The molecule has 0 saturated heterocycles. The molecule has 1 saturated carbocycles. The minimum Gasteiger partial charge on any atom is -0.508 e. The van der Waals surface area contributed by atoms with Gasteiger partial charge in [0.1, 0.15) is 5.75 Å². The van der Waals surface area contributed by atoms with Gasteiger partial charge in [-0.1, -0.05) is 18.2 Å². The number of aromatic hydroxyl groups is 1. The van der Waals surface area contributed by atoms with Crippen LogP contribution in [0.1, 0.15) is 29.7 Å². The molecule has 1 N–H and O–H groups in total. The second-order valence-electron chi connectivity index (χ2n) is 5.13. The third-order valence-electron chi connectivity index (χ3n) is 3.55. The van der Waals surface area contributed by atoms with Crippen LogP contribution < -0.4 is 0 Å². The maximum Gasteiger partial charge on any atom is 0.185 e. The Hall–Kier alpha value is -2.13. The zero-order valence-corrected chi connectivity index (χ0v) is 12.4. The number of rotatable bonds is 2. The van der Waals surface area contributed by atoms with Gasteiger partial charge in [-0.15, -0.1) is 11.3 Å². The first-order chi connectivity index (χ1) is 10.2. The summed E-state index contributed by atoms with van der Waals surface area (Å²) in [5, 5.41) is 11.5. The normalized spacial score (nSPS) is 19.3. The molecule has 1 aliphatic rings. The molecule has 0 amide bonds. The first-order valence-corrected chi connectivity index (χ1v) is 7.89. The Balaban J connectivity index is 1.88. The second kappa shape index (κ2) is 6.10. The number of hydrogen-bond acceptors (Lipinski definition) is 3. The van der Waals surface area contributed by atoms with E-state index in [-0.39, 0.29) is 11.5 Å². The van der Waals surface area contributed by atoms with Crippen LogP contribution in [0.15, 0.2) is 52.9 Å². The summed E-state index contributed by atoms with van der Waals surface area (Å²) in [6.45, 7) is 0. The van der Waals surface area contributed by atoms with Gasteiger partial charge in [0.05, 0.1) is 0 Å². The van der Waals surface area contributed by atoms with Crippen molar-refractivity contribution < 1.29 is 9.90 Å². The van der Waals surface area contributed by atoms with Crippen molar-refractivity contribution in [2.45, 2.75) is 19.3 Å². The lowest BCUT2D eigenvalue weighted by atomic mass is 9.87. The average molecular weight is 296 g/mol. The molecule has 0 atom stereocenters. The van der Waals surface area contributed by atoms with Gasteiger partial charge in [0, 0.05) is 16.0 Å². The fourth-order valence-corrected chi connectivity index (χ4v) is 3.22. The molecule has 1 heterocycles. The number of Topliss-reactive ketones (excluding diaryl/α,β-unsaturated/α-hetero) is 1. The van der Waals surface area contributed by atoms with Gasteiger partial charge in [-0.25, -0.2) is 0 Å². The average Bonchev–Trinajstić information content (AvgIpc) is 2.96. The number of ketones is 1. The number of carbonyl (C=O) groups excluding carboxylic acids is 1. The van der Waals surface area contributed by atoms with Crippen molar-refractivity contribution in [3.8, 4) is 5.75 Å². The number of benzene rings is 1. The number of phenols is 1. The van der Waals surface area contributed by atoms with Gasteiger partial charge in [-0.2, -0.15) is 0 Å². The zero-order valence-electron chi connectivity index (χ0n) is 11.6. The fraction of sp³-hybridized carbons (Fsp3) is 0.167. The molecule has 0 radical (unpaired) electrons. The van der Waals surface area contributed by atoms with Crippen molar-refractivity contribution in [3.05, 3.63) is 63.4 Å². The Morgan fingerprint density at radius 2 is 1.86 bits per heavy atom. The molecule has 21 heavy (non-hydrogen) atoms. The maximum atomic E-state index is 12.5. The molecule has 0 bridgehead atoms. The first kappa shape index (κ1) is 13.8. The minimum atomic E-state index is 0.137. The van der Waals surface area contributed by atoms with E-state index in [0.717, 1.165) is 40.8 Å². The molecule has 1 fully saturated rings. The highest BCUT2D eigenvalue weighted by molar-refractivity contribution is 7.10. The van der Waals surface area contributed by atoms with Crippen molar-refractivity contribution >= 4 is 29.3 Å². The van der Waals surface area contributed by atoms with E-state index in [1.54, 1.807) is 29.5 Å².